The van der Waals surface area contributed by atoms with E-state index < -0.39 is 0 Å². The third-order valence-electron chi connectivity index (χ3n) is 6.51. The highest BCUT2D eigenvalue weighted by Crippen LogP contribution is 2.17. The van der Waals surface area contributed by atoms with E-state index in [1.54, 1.807) is 0 Å². The molecular weight excluding hydrogens is 394 g/mol. The molecule has 2 N–H and O–H groups in total. The molecule has 176 valence electrons. The van der Waals surface area contributed by atoms with E-state index in [2.05, 4.69) is 76.5 Å². The van der Waals surface area contributed by atoms with Gasteiger partial charge in [0.05, 0.1) is 5.69 Å². The van der Waals surface area contributed by atoms with Gasteiger partial charge in [0, 0.05) is 51.5 Å². The summed E-state index contributed by atoms with van der Waals surface area (Å²) in [5, 5.41) is 7.05. The number of aromatic nitrogens is 1. The number of rotatable bonds is 12. The normalized spacial score (nSPS) is 17.4. The number of hydrogen-bond donors (Lipinski definition) is 2. The van der Waals surface area contributed by atoms with Crippen molar-refractivity contribution in [3.63, 3.8) is 0 Å². The van der Waals surface area contributed by atoms with Crippen LogP contribution in [0.1, 0.15) is 55.0 Å². The summed E-state index contributed by atoms with van der Waals surface area (Å²) in [5.74, 6) is 0.592. The first kappa shape index (κ1) is 24.8. The van der Waals surface area contributed by atoms with E-state index in [4.69, 9.17) is 0 Å². The first-order valence-corrected chi connectivity index (χ1v) is 12.4. The number of benzene rings is 1. The van der Waals surface area contributed by atoms with Crippen molar-refractivity contribution in [2.45, 2.75) is 58.7 Å². The summed E-state index contributed by atoms with van der Waals surface area (Å²) in [6.07, 6.45) is 4.35. The molecule has 0 saturated carbocycles. The van der Waals surface area contributed by atoms with Crippen molar-refractivity contribution in [3.05, 3.63) is 65.0 Å². The number of unbranched alkanes of at least 4 members (excludes halogenated alkanes) is 1. The van der Waals surface area contributed by atoms with Gasteiger partial charge in [0.15, 0.2) is 0 Å². The molecule has 0 spiro atoms. The largest absolute Gasteiger partial charge is 0.320 e. The summed E-state index contributed by atoms with van der Waals surface area (Å²) < 4.78 is 0. The van der Waals surface area contributed by atoms with Crippen molar-refractivity contribution < 1.29 is 0 Å². The zero-order valence-corrected chi connectivity index (χ0v) is 20.6. The van der Waals surface area contributed by atoms with E-state index in [0.717, 1.165) is 52.4 Å². The Balaban J connectivity index is 1.57. The Morgan fingerprint density at radius 2 is 2.00 bits per heavy atom. The molecule has 5 heteroatoms. The van der Waals surface area contributed by atoms with Crippen LogP contribution in [0.15, 0.2) is 42.6 Å². The molecule has 1 aromatic carbocycles. The van der Waals surface area contributed by atoms with Crippen LogP contribution in [-0.2, 0) is 13.1 Å². The summed E-state index contributed by atoms with van der Waals surface area (Å²) in [6, 6.07) is 13.9. The Morgan fingerprint density at radius 1 is 1.19 bits per heavy atom. The van der Waals surface area contributed by atoms with Crippen LogP contribution < -0.4 is 10.6 Å². The number of aryl methyl sites for hydroxylation is 1. The number of piperazine rings is 1. The molecule has 1 aromatic heterocycles. The van der Waals surface area contributed by atoms with Crippen LogP contribution >= 0.6 is 0 Å². The van der Waals surface area contributed by atoms with Gasteiger partial charge in [0.1, 0.15) is 0 Å². The highest BCUT2D eigenvalue weighted by Gasteiger charge is 2.22. The summed E-state index contributed by atoms with van der Waals surface area (Å²) in [6.45, 7) is 15.2. The number of nitrogens with one attached hydrogen (secondary N) is 2. The van der Waals surface area contributed by atoms with E-state index in [1.807, 2.05) is 19.3 Å². The zero-order chi connectivity index (χ0) is 22.8. The summed E-state index contributed by atoms with van der Waals surface area (Å²) in [4.78, 5) is 9.87. The molecule has 0 amide bonds. The minimum Gasteiger partial charge on any atom is -0.320 e. The zero-order valence-electron chi connectivity index (χ0n) is 20.6. The minimum atomic E-state index is 0.493. The Hall–Kier alpha value is -1.79. The van der Waals surface area contributed by atoms with E-state index in [9.17, 15) is 0 Å². The maximum atomic E-state index is 4.66. The van der Waals surface area contributed by atoms with Gasteiger partial charge < -0.3 is 10.6 Å². The lowest BCUT2D eigenvalue weighted by Crippen LogP contribution is -2.54. The van der Waals surface area contributed by atoms with Crippen LogP contribution in [0.5, 0.6) is 0 Å². The predicted octanol–water partition coefficient (Wildman–Crippen LogP) is 3.79. The van der Waals surface area contributed by atoms with Crippen LogP contribution in [0.4, 0.5) is 0 Å². The van der Waals surface area contributed by atoms with Crippen molar-refractivity contribution in [1.29, 1.82) is 0 Å². The molecule has 0 aliphatic carbocycles. The standard InChI is InChI=1S/C27H43N5/c1-22(2)25-11-9-24(10-12-25)18-32-17-15-29-26(20-32)19-31(16-6-5-13-28-4)21-27-23(3)8-7-14-30-27/h7-12,14,22,26,28-29H,5-6,13,15-21H2,1-4H3/t26-/m1/s1. The summed E-state index contributed by atoms with van der Waals surface area (Å²) >= 11 is 0. The van der Waals surface area contributed by atoms with Gasteiger partial charge in [-0.15, -0.1) is 0 Å². The first-order valence-electron chi connectivity index (χ1n) is 12.4. The second-order valence-corrected chi connectivity index (χ2v) is 9.60. The lowest BCUT2D eigenvalue weighted by Gasteiger charge is -2.36. The fourth-order valence-electron chi connectivity index (χ4n) is 4.51. The SMILES string of the molecule is CNCCCCN(Cc1ncccc1C)C[C@@H]1CN(Cc2ccc(C(C)C)cc2)CCN1. The molecule has 3 rings (SSSR count). The monoisotopic (exact) mass is 437 g/mol. The fraction of sp³-hybridized carbons (Fsp3) is 0.593. The molecular formula is C27H43N5. The summed E-state index contributed by atoms with van der Waals surface area (Å²) in [7, 11) is 2.03. The molecule has 1 saturated heterocycles. The van der Waals surface area contributed by atoms with Crippen LogP contribution in [-0.4, -0.2) is 67.1 Å². The number of pyridine rings is 1. The topological polar surface area (TPSA) is 43.4 Å². The van der Waals surface area contributed by atoms with E-state index in [1.165, 1.54) is 35.2 Å². The lowest BCUT2D eigenvalue weighted by atomic mass is 10.0. The van der Waals surface area contributed by atoms with E-state index >= 15 is 0 Å². The Kier molecular flexibility index (Phi) is 10.1. The van der Waals surface area contributed by atoms with Crippen molar-refractivity contribution in [3.8, 4) is 0 Å². The van der Waals surface area contributed by atoms with E-state index in [-0.39, 0.29) is 0 Å². The molecule has 0 unspecified atom stereocenters. The van der Waals surface area contributed by atoms with Gasteiger partial charge in [-0.1, -0.05) is 44.2 Å². The van der Waals surface area contributed by atoms with Gasteiger partial charge in [0.25, 0.3) is 0 Å². The first-order chi connectivity index (χ1) is 15.5. The fourth-order valence-corrected chi connectivity index (χ4v) is 4.51. The van der Waals surface area contributed by atoms with Crippen LogP contribution in [0.2, 0.25) is 0 Å². The van der Waals surface area contributed by atoms with Crippen LogP contribution in [0.3, 0.4) is 0 Å². The van der Waals surface area contributed by atoms with Crippen LogP contribution in [0.25, 0.3) is 0 Å². The molecule has 1 fully saturated rings. The van der Waals surface area contributed by atoms with Gasteiger partial charge >= 0.3 is 0 Å². The van der Waals surface area contributed by atoms with Crippen molar-refractivity contribution in [1.82, 2.24) is 25.4 Å². The van der Waals surface area contributed by atoms with Gasteiger partial charge in [-0.05, 0) is 68.6 Å². The highest BCUT2D eigenvalue weighted by atomic mass is 15.2. The van der Waals surface area contributed by atoms with Crippen molar-refractivity contribution in [2.75, 3.05) is 46.3 Å². The summed E-state index contributed by atoms with van der Waals surface area (Å²) in [5.41, 5.74) is 5.34. The number of hydrogen-bond acceptors (Lipinski definition) is 5. The minimum absolute atomic E-state index is 0.493. The van der Waals surface area contributed by atoms with Gasteiger partial charge in [-0.2, -0.15) is 0 Å². The molecule has 5 nitrogen and oxygen atoms in total. The highest BCUT2D eigenvalue weighted by molar-refractivity contribution is 5.24. The van der Waals surface area contributed by atoms with Gasteiger partial charge in [-0.3, -0.25) is 14.8 Å². The Labute approximate surface area is 195 Å². The molecule has 1 aliphatic heterocycles. The molecule has 0 radical (unpaired) electrons. The Morgan fingerprint density at radius 3 is 2.72 bits per heavy atom. The number of nitrogens with zero attached hydrogens (tertiary/aromatic N) is 3. The average molecular weight is 438 g/mol. The second-order valence-electron chi connectivity index (χ2n) is 9.60. The smallest absolute Gasteiger partial charge is 0.0573 e. The second kappa shape index (κ2) is 13.0. The Bertz CT molecular complexity index is 789. The van der Waals surface area contributed by atoms with Crippen molar-refractivity contribution >= 4 is 0 Å². The van der Waals surface area contributed by atoms with Gasteiger partial charge in [0.2, 0.25) is 0 Å². The molecule has 2 heterocycles. The maximum absolute atomic E-state index is 4.66. The lowest BCUT2D eigenvalue weighted by molar-refractivity contribution is 0.148. The predicted molar refractivity (Wildman–Crippen MR) is 135 cm³/mol. The average Bonchev–Trinajstić information content (AvgIpc) is 2.79. The third-order valence-corrected chi connectivity index (χ3v) is 6.51. The molecule has 32 heavy (non-hydrogen) atoms. The van der Waals surface area contributed by atoms with Crippen molar-refractivity contribution in [2.24, 2.45) is 0 Å². The maximum Gasteiger partial charge on any atom is 0.0573 e. The van der Waals surface area contributed by atoms with Gasteiger partial charge in [-0.25, -0.2) is 0 Å². The molecule has 1 atom stereocenters. The molecule has 0 bridgehead atoms. The van der Waals surface area contributed by atoms with Crippen LogP contribution in [0, 0.1) is 6.92 Å². The third kappa shape index (κ3) is 7.96. The molecule has 2 aromatic rings. The molecule has 1 aliphatic rings. The van der Waals surface area contributed by atoms with E-state index in [0.29, 0.717) is 12.0 Å². The quantitative estimate of drug-likeness (QED) is 0.495.